The van der Waals surface area contributed by atoms with E-state index in [-0.39, 0.29) is 5.56 Å². The summed E-state index contributed by atoms with van der Waals surface area (Å²) in [4.78, 5) is 0. The molecule has 0 aliphatic heterocycles. The molecular formula is C9H9BrF2S. The monoisotopic (exact) mass is 266 g/mol. The first-order chi connectivity index (χ1) is 6.16. The van der Waals surface area contributed by atoms with Gasteiger partial charge in [0.1, 0.15) is 11.6 Å². The molecule has 13 heavy (non-hydrogen) atoms. The van der Waals surface area contributed by atoms with Crippen LogP contribution in [0, 0.1) is 11.6 Å². The highest BCUT2D eigenvalue weighted by molar-refractivity contribution is 9.10. The second-order valence-electron chi connectivity index (χ2n) is 2.46. The molecule has 72 valence electrons. The molecule has 0 spiro atoms. The van der Waals surface area contributed by atoms with Crippen molar-refractivity contribution >= 4 is 27.7 Å². The first kappa shape index (κ1) is 11.0. The first-order valence-electron chi connectivity index (χ1n) is 3.87. The summed E-state index contributed by atoms with van der Waals surface area (Å²) in [6.07, 6.45) is 0. The Morgan fingerprint density at radius 2 is 2.08 bits per heavy atom. The summed E-state index contributed by atoms with van der Waals surface area (Å²) in [5, 5.41) is 0. The van der Waals surface area contributed by atoms with Gasteiger partial charge in [-0.1, -0.05) is 6.92 Å². The van der Waals surface area contributed by atoms with Gasteiger partial charge in [0.15, 0.2) is 0 Å². The largest absolute Gasteiger partial charge is 0.207 e. The van der Waals surface area contributed by atoms with E-state index in [4.69, 9.17) is 0 Å². The van der Waals surface area contributed by atoms with Gasteiger partial charge in [0.25, 0.3) is 0 Å². The third-order valence-electron chi connectivity index (χ3n) is 1.59. The zero-order valence-electron chi connectivity index (χ0n) is 7.11. The van der Waals surface area contributed by atoms with Crippen LogP contribution in [0.2, 0.25) is 0 Å². The third kappa shape index (κ3) is 2.68. The van der Waals surface area contributed by atoms with Crippen molar-refractivity contribution in [1.29, 1.82) is 0 Å². The second-order valence-corrected chi connectivity index (χ2v) is 4.59. The maximum Gasteiger partial charge on any atom is 0.144 e. The lowest BCUT2D eigenvalue weighted by atomic mass is 10.2. The minimum atomic E-state index is -0.485. The summed E-state index contributed by atoms with van der Waals surface area (Å²) in [5.74, 6) is 0.279. The first-order valence-corrected chi connectivity index (χ1v) is 5.81. The van der Waals surface area contributed by atoms with Gasteiger partial charge >= 0.3 is 0 Å². The van der Waals surface area contributed by atoms with E-state index in [0.29, 0.717) is 10.2 Å². The fraction of sp³-hybridized carbons (Fsp3) is 0.333. The van der Waals surface area contributed by atoms with Crippen LogP contribution in [0.4, 0.5) is 8.78 Å². The van der Waals surface area contributed by atoms with Crippen molar-refractivity contribution in [3.05, 3.63) is 33.8 Å². The van der Waals surface area contributed by atoms with Gasteiger partial charge in [-0.3, -0.25) is 0 Å². The molecule has 0 unspecified atom stereocenters. The minimum Gasteiger partial charge on any atom is -0.207 e. The normalized spacial score (nSPS) is 10.5. The van der Waals surface area contributed by atoms with Crippen LogP contribution in [0.25, 0.3) is 0 Å². The summed E-state index contributed by atoms with van der Waals surface area (Å²) in [6.45, 7) is 1.96. The highest BCUT2D eigenvalue weighted by atomic mass is 79.9. The number of hydrogen-bond donors (Lipinski definition) is 0. The van der Waals surface area contributed by atoms with Crippen molar-refractivity contribution in [2.24, 2.45) is 0 Å². The molecule has 1 aromatic carbocycles. The zero-order chi connectivity index (χ0) is 9.84. The van der Waals surface area contributed by atoms with Gasteiger partial charge in [0.2, 0.25) is 0 Å². The van der Waals surface area contributed by atoms with Gasteiger partial charge in [0.05, 0.1) is 4.47 Å². The Labute approximate surface area is 88.8 Å². The quantitative estimate of drug-likeness (QED) is 0.746. The van der Waals surface area contributed by atoms with Crippen LogP contribution >= 0.6 is 27.7 Å². The molecule has 0 N–H and O–H groups in total. The van der Waals surface area contributed by atoms with E-state index in [1.165, 1.54) is 23.9 Å². The molecule has 0 aliphatic carbocycles. The van der Waals surface area contributed by atoms with Crippen LogP contribution in [0.5, 0.6) is 0 Å². The average Bonchev–Trinajstić information content (AvgIpc) is 2.12. The molecular weight excluding hydrogens is 258 g/mol. The molecule has 1 rings (SSSR count). The summed E-state index contributed by atoms with van der Waals surface area (Å²) >= 11 is 4.52. The smallest absolute Gasteiger partial charge is 0.144 e. The molecule has 0 amide bonds. The molecule has 0 saturated carbocycles. The predicted molar refractivity (Wildman–Crippen MR) is 55.9 cm³/mol. The van der Waals surface area contributed by atoms with E-state index in [2.05, 4.69) is 15.9 Å². The summed E-state index contributed by atoms with van der Waals surface area (Å²) in [6, 6.07) is 2.66. The van der Waals surface area contributed by atoms with E-state index >= 15 is 0 Å². The van der Waals surface area contributed by atoms with Gasteiger partial charge in [-0.2, -0.15) is 11.8 Å². The van der Waals surface area contributed by atoms with Crippen LogP contribution in [-0.2, 0) is 5.75 Å². The van der Waals surface area contributed by atoms with Crippen LogP contribution in [0.1, 0.15) is 12.5 Å². The maximum atomic E-state index is 13.3. The highest BCUT2D eigenvalue weighted by Gasteiger charge is 2.11. The number of hydrogen-bond acceptors (Lipinski definition) is 1. The Morgan fingerprint density at radius 3 is 2.69 bits per heavy atom. The maximum absolute atomic E-state index is 13.3. The fourth-order valence-electron chi connectivity index (χ4n) is 0.906. The molecule has 0 atom stereocenters. The molecule has 1 aromatic rings. The molecule has 0 bridgehead atoms. The summed E-state index contributed by atoms with van der Waals surface area (Å²) < 4.78 is 26.7. The molecule has 0 heterocycles. The van der Waals surface area contributed by atoms with E-state index < -0.39 is 11.6 Å². The number of rotatable bonds is 3. The summed E-state index contributed by atoms with van der Waals surface area (Å²) in [7, 11) is 0. The van der Waals surface area contributed by atoms with E-state index in [0.717, 1.165) is 5.75 Å². The lowest BCUT2D eigenvalue weighted by molar-refractivity contribution is 0.562. The van der Waals surface area contributed by atoms with Crippen molar-refractivity contribution in [1.82, 2.24) is 0 Å². The average molecular weight is 267 g/mol. The van der Waals surface area contributed by atoms with Gasteiger partial charge in [-0.05, 0) is 33.8 Å². The second kappa shape index (κ2) is 4.96. The van der Waals surface area contributed by atoms with Crippen molar-refractivity contribution < 1.29 is 8.78 Å². The van der Waals surface area contributed by atoms with Gasteiger partial charge in [0, 0.05) is 11.3 Å². The van der Waals surface area contributed by atoms with Gasteiger partial charge in [-0.25, -0.2) is 8.78 Å². The van der Waals surface area contributed by atoms with Crippen LogP contribution in [0.3, 0.4) is 0 Å². The van der Waals surface area contributed by atoms with E-state index in [9.17, 15) is 8.78 Å². The minimum absolute atomic E-state index is 0.154. The van der Waals surface area contributed by atoms with Crippen molar-refractivity contribution in [2.45, 2.75) is 12.7 Å². The Bertz CT molecular complexity index is 302. The molecule has 0 nitrogen and oxygen atoms in total. The number of thioether (sulfide) groups is 1. The summed E-state index contributed by atoms with van der Waals surface area (Å²) in [5.41, 5.74) is 0.154. The Kier molecular flexibility index (Phi) is 4.19. The molecule has 0 aliphatic rings. The van der Waals surface area contributed by atoms with Crippen LogP contribution in [0.15, 0.2) is 16.6 Å². The van der Waals surface area contributed by atoms with Crippen molar-refractivity contribution in [2.75, 3.05) is 5.75 Å². The lowest BCUT2D eigenvalue weighted by Crippen LogP contribution is -1.94. The van der Waals surface area contributed by atoms with Gasteiger partial charge < -0.3 is 0 Å². The highest BCUT2D eigenvalue weighted by Crippen LogP contribution is 2.24. The van der Waals surface area contributed by atoms with Crippen molar-refractivity contribution in [3.63, 3.8) is 0 Å². The standard InChI is InChI=1S/C9H9BrF2S/c1-2-13-5-6-8(11)4-3-7(10)9(6)12/h3-4H,2,5H2,1H3. The van der Waals surface area contributed by atoms with E-state index in [1.807, 2.05) is 6.92 Å². The zero-order valence-corrected chi connectivity index (χ0v) is 9.51. The SMILES string of the molecule is CCSCc1c(F)ccc(Br)c1F. The number of benzene rings is 1. The Hall–Kier alpha value is -0.0900. The third-order valence-corrected chi connectivity index (χ3v) is 3.10. The molecule has 0 saturated heterocycles. The predicted octanol–water partition coefficient (Wildman–Crippen LogP) is 3.98. The molecule has 4 heteroatoms. The number of halogens is 3. The Morgan fingerprint density at radius 1 is 1.38 bits per heavy atom. The van der Waals surface area contributed by atoms with Crippen LogP contribution in [-0.4, -0.2) is 5.75 Å². The fourth-order valence-corrected chi connectivity index (χ4v) is 1.95. The topological polar surface area (TPSA) is 0 Å². The lowest BCUT2D eigenvalue weighted by Gasteiger charge is -2.04. The molecule has 0 radical (unpaired) electrons. The van der Waals surface area contributed by atoms with E-state index in [1.54, 1.807) is 0 Å². The van der Waals surface area contributed by atoms with Gasteiger partial charge in [-0.15, -0.1) is 0 Å². The van der Waals surface area contributed by atoms with Crippen molar-refractivity contribution in [3.8, 4) is 0 Å². The molecule has 0 fully saturated rings. The molecule has 0 aromatic heterocycles. The van der Waals surface area contributed by atoms with Crippen LogP contribution < -0.4 is 0 Å². The Balaban J connectivity index is 2.96.